The Morgan fingerprint density at radius 3 is 2.29 bits per heavy atom. The van der Waals surface area contributed by atoms with Gasteiger partial charge in [0, 0.05) is 19.6 Å². The van der Waals surface area contributed by atoms with Crippen LogP contribution in [0.3, 0.4) is 0 Å². The zero-order chi connectivity index (χ0) is 22.9. The molecule has 1 heterocycles. The lowest BCUT2D eigenvalue weighted by Gasteiger charge is -2.34. The van der Waals surface area contributed by atoms with Crippen LogP contribution in [0, 0.1) is 23.2 Å². The quantitative estimate of drug-likeness (QED) is 0.539. The van der Waals surface area contributed by atoms with E-state index in [1.54, 1.807) is 4.90 Å². The van der Waals surface area contributed by atoms with Crippen LogP contribution in [0.15, 0.2) is 0 Å². The van der Waals surface area contributed by atoms with Gasteiger partial charge in [0.05, 0.1) is 18.5 Å². The number of hydrogen-bond acceptors (Lipinski definition) is 6. The van der Waals surface area contributed by atoms with E-state index >= 15 is 0 Å². The van der Waals surface area contributed by atoms with E-state index in [0.717, 1.165) is 25.7 Å². The van der Waals surface area contributed by atoms with E-state index in [2.05, 4.69) is 16.7 Å². The molecule has 2 rings (SSSR count). The van der Waals surface area contributed by atoms with Gasteiger partial charge in [-0.15, -0.1) is 0 Å². The van der Waals surface area contributed by atoms with E-state index in [1.165, 1.54) is 19.3 Å². The van der Waals surface area contributed by atoms with Crippen LogP contribution in [0.25, 0.3) is 0 Å². The molecule has 2 unspecified atom stereocenters. The largest absolute Gasteiger partial charge is 0.444 e. The lowest BCUT2D eigenvalue weighted by atomic mass is 9.89. The minimum Gasteiger partial charge on any atom is -0.444 e. The third-order valence-corrected chi connectivity index (χ3v) is 6.19. The highest BCUT2D eigenvalue weighted by Crippen LogP contribution is 2.23. The number of nitrogens with one attached hydrogen (secondary N) is 2. The summed E-state index contributed by atoms with van der Waals surface area (Å²) < 4.78 is 5.42. The summed E-state index contributed by atoms with van der Waals surface area (Å²) in [6, 6.07) is 1.47. The molecule has 8 nitrogen and oxygen atoms in total. The van der Waals surface area contributed by atoms with Crippen molar-refractivity contribution >= 4 is 12.0 Å². The average Bonchev–Trinajstić information content (AvgIpc) is 2.74. The predicted octanol–water partition coefficient (Wildman–Crippen LogP) is 2.56. The van der Waals surface area contributed by atoms with Gasteiger partial charge < -0.3 is 25.4 Å². The maximum atomic E-state index is 12.4. The number of aliphatic hydroxyl groups excluding tert-OH is 1. The number of aliphatic hydroxyl groups is 1. The summed E-state index contributed by atoms with van der Waals surface area (Å²) in [7, 11) is 0. The van der Waals surface area contributed by atoms with E-state index < -0.39 is 23.7 Å². The highest BCUT2D eigenvalue weighted by Gasteiger charge is 2.30. The molecule has 8 heteroatoms. The molecule has 2 aliphatic rings. The molecule has 0 spiro atoms. The Kier molecular flexibility index (Phi) is 10.0. The Morgan fingerprint density at radius 1 is 1.10 bits per heavy atom. The highest BCUT2D eigenvalue weighted by molar-refractivity contribution is 5.81. The molecule has 0 aromatic heterocycles. The number of nitriles is 1. The standard InChI is InChI=1S/C23H40N4O4/c1-23(2,3)31-22(30)27-13-10-18(11-14-27)15-25-19(9-12-24)20(28)21(29)26-16-17-7-5-4-6-8-17/h17-20,25,28H,4-11,13-16H2,1-3H3,(H,26,29). The second-order valence-electron chi connectivity index (χ2n) is 9.98. The van der Waals surface area contributed by atoms with E-state index in [-0.39, 0.29) is 12.5 Å². The number of nitrogens with zero attached hydrogens (tertiary/aromatic N) is 2. The summed E-state index contributed by atoms with van der Waals surface area (Å²) in [5.74, 6) is 0.401. The molecule has 2 fully saturated rings. The van der Waals surface area contributed by atoms with Crippen molar-refractivity contribution in [3.63, 3.8) is 0 Å². The highest BCUT2D eigenvalue weighted by atomic mass is 16.6. The maximum absolute atomic E-state index is 12.4. The number of likely N-dealkylation sites (tertiary alicyclic amines) is 1. The first-order valence-corrected chi connectivity index (χ1v) is 11.7. The number of carbonyl (C=O) groups is 2. The van der Waals surface area contributed by atoms with Crippen molar-refractivity contribution in [2.24, 2.45) is 11.8 Å². The van der Waals surface area contributed by atoms with Gasteiger partial charge in [0.1, 0.15) is 11.7 Å². The van der Waals surface area contributed by atoms with Gasteiger partial charge in [0.15, 0.2) is 0 Å². The van der Waals surface area contributed by atoms with Crippen LogP contribution in [0.4, 0.5) is 4.79 Å². The Bertz CT molecular complexity index is 614. The summed E-state index contributed by atoms with van der Waals surface area (Å²) in [5, 5.41) is 25.7. The summed E-state index contributed by atoms with van der Waals surface area (Å²) in [6.07, 6.45) is 6.08. The molecule has 2 amide bonds. The Morgan fingerprint density at radius 2 is 1.71 bits per heavy atom. The van der Waals surface area contributed by atoms with Gasteiger partial charge in [0.2, 0.25) is 0 Å². The van der Waals surface area contributed by atoms with Gasteiger partial charge in [0.25, 0.3) is 5.91 Å². The van der Waals surface area contributed by atoms with E-state index in [4.69, 9.17) is 10.00 Å². The smallest absolute Gasteiger partial charge is 0.410 e. The predicted molar refractivity (Wildman–Crippen MR) is 118 cm³/mol. The zero-order valence-electron chi connectivity index (χ0n) is 19.4. The molecule has 1 aliphatic carbocycles. The van der Waals surface area contributed by atoms with Crippen LogP contribution >= 0.6 is 0 Å². The second-order valence-corrected chi connectivity index (χ2v) is 9.98. The van der Waals surface area contributed by atoms with Crippen molar-refractivity contribution in [2.75, 3.05) is 26.2 Å². The topological polar surface area (TPSA) is 115 Å². The van der Waals surface area contributed by atoms with Crippen LogP contribution in [-0.2, 0) is 9.53 Å². The number of rotatable bonds is 8. The fourth-order valence-electron chi connectivity index (χ4n) is 4.28. The SMILES string of the molecule is CC(C)(C)OC(=O)N1CCC(CNC(CC#N)C(O)C(=O)NCC2CCCCC2)CC1. The van der Waals surface area contributed by atoms with Gasteiger partial charge >= 0.3 is 6.09 Å². The summed E-state index contributed by atoms with van der Waals surface area (Å²) in [4.78, 5) is 26.3. The van der Waals surface area contributed by atoms with Gasteiger partial charge in [-0.3, -0.25) is 4.79 Å². The third-order valence-electron chi connectivity index (χ3n) is 6.19. The fourth-order valence-corrected chi connectivity index (χ4v) is 4.28. The normalized spacial score (nSPS) is 20.5. The summed E-state index contributed by atoms with van der Waals surface area (Å²) in [5.41, 5.74) is -0.506. The summed E-state index contributed by atoms with van der Waals surface area (Å²) >= 11 is 0. The van der Waals surface area contributed by atoms with Crippen molar-refractivity contribution in [3.05, 3.63) is 0 Å². The van der Waals surface area contributed by atoms with Crippen molar-refractivity contribution in [1.82, 2.24) is 15.5 Å². The molecular formula is C23H40N4O4. The number of amides is 2. The molecule has 0 aromatic rings. The Labute approximate surface area is 186 Å². The Hall–Kier alpha value is -1.85. The van der Waals surface area contributed by atoms with Gasteiger partial charge in [-0.25, -0.2) is 4.79 Å². The first-order valence-electron chi connectivity index (χ1n) is 11.7. The van der Waals surface area contributed by atoms with E-state index in [0.29, 0.717) is 38.0 Å². The van der Waals surface area contributed by atoms with Crippen LogP contribution < -0.4 is 10.6 Å². The van der Waals surface area contributed by atoms with E-state index in [9.17, 15) is 14.7 Å². The lowest BCUT2D eigenvalue weighted by molar-refractivity contribution is -0.131. The van der Waals surface area contributed by atoms with Gasteiger partial charge in [-0.2, -0.15) is 5.26 Å². The third kappa shape index (κ3) is 9.04. The Balaban J connectivity index is 1.74. The minimum atomic E-state index is -1.25. The summed E-state index contributed by atoms with van der Waals surface area (Å²) in [6.45, 7) is 8.00. The molecule has 31 heavy (non-hydrogen) atoms. The molecular weight excluding hydrogens is 396 g/mol. The fraction of sp³-hybridized carbons (Fsp3) is 0.870. The van der Waals surface area contributed by atoms with Crippen LogP contribution in [0.1, 0.15) is 72.1 Å². The maximum Gasteiger partial charge on any atom is 0.410 e. The molecule has 0 bridgehead atoms. The van der Waals surface area contributed by atoms with Crippen LogP contribution in [0.5, 0.6) is 0 Å². The minimum absolute atomic E-state index is 0.0643. The van der Waals surface area contributed by atoms with Gasteiger partial charge in [-0.05, 0) is 64.8 Å². The molecule has 1 aliphatic heterocycles. The molecule has 1 saturated carbocycles. The van der Waals surface area contributed by atoms with Crippen LogP contribution in [-0.4, -0.2) is 65.9 Å². The van der Waals surface area contributed by atoms with Crippen molar-refractivity contribution in [2.45, 2.75) is 89.9 Å². The van der Waals surface area contributed by atoms with Gasteiger partial charge in [-0.1, -0.05) is 19.3 Å². The zero-order valence-corrected chi connectivity index (χ0v) is 19.4. The number of piperidine rings is 1. The molecule has 0 radical (unpaired) electrons. The number of carbonyl (C=O) groups excluding carboxylic acids is 2. The molecule has 3 N–H and O–H groups in total. The van der Waals surface area contributed by atoms with Crippen molar-refractivity contribution in [1.29, 1.82) is 5.26 Å². The second kappa shape index (κ2) is 12.3. The van der Waals surface area contributed by atoms with E-state index in [1.807, 2.05) is 20.8 Å². The first-order chi connectivity index (χ1) is 14.7. The molecule has 2 atom stereocenters. The van der Waals surface area contributed by atoms with Crippen molar-refractivity contribution < 1.29 is 19.4 Å². The molecule has 0 aromatic carbocycles. The first kappa shape index (κ1) is 25.4. The number of ether oxygens (including phenoxy) is 1. The molecule has 1 saturated heterocycles. The monoisotopic (exact) mass is 436 g/mol. The average molecular weight is 437 g/mol. The van der Waals surface area contributed by atoms with Crippen LogP contribution in [0.2, 0.25) is 0 Å². The van der Waals surface area contributed by atoms with Crippen molar-refractivity contribution in [3.8, 4) is 6.07 Å². The lowest BCUT2D eigenvalue weighted by Crippen LogP contribution is -2.51. The number of hydrogen-bond donors (Lipinski definition) is 3. The molecule has 176 valence electrons.